The number of esters is 2. The van der Waals surface area contributed by atoms with Gasteiger partial charge in [-0.1, -0.05) is 15.9 Å². The first-order valence-corrected chi connectivity index (χ1v) is 11.0. The van der Waals surface area contributed by atoms with Crippen molar-refractivity contribution < 1.29 is 28.6 Å². The van der Waals surface area contributed by atoms with Crippen LogP contribution < -0.4 is 10.1 Å². The molecule has 1 aromatic heterocycles. The highest BCUT2D eigenvalue weighted by atomic mass is 79.9. The summed E-state index contributed by atoms with van der Waals surface area (Å²) in [7, 11) is 1.45. The summed E-state index contributed by atoms with van der Waals surface area (Å²) in [6.07, 6.45) is 0. The molecule has 0 bridgehead atoms. The van der Waals surface area contributed by atoms with Crippen LogP contribution in [0.4, 0.5) is 5.00 Å². The highest BCUT2D eigenvalue weighted by molar-refractivity contribution is 9.11. The minimum absolute atomic E-state index is 0.126. The molecule has 0 radical (unpaired) electrons. The van der Waals surface area contributed by atoms with E-state index in [1.54, 1.807) is 32.9 Å². The Morgan fingerprint density at radius 2 is 1.69 bits per heavy atom. The lowest BCUT2D eigenvalue weighted by molar-refractivity contribution is 0.0527. The van der Waals surface area contributed by atoms with Gasteiger partial charge >= 0.3 is 11.9 Å². The molecule has 1 aromatic carbocycles. The molecular weight excluding hydrogens is 530 g/mol. The van der Waals surface area contributed by atoms with Crippen LogP contribution in [0.2, 0.25) is 0 Å². The maximum Gasteiger partial charge on any atom is 0.348 e. The molecule has 2 rings (SSSR count). The molecule has 0 aliphatic rings. The van der Waals surface area contributed by atoms with Crippen molar-refractivity contribution in [2.24, 2.45) is 0 Å². The molecule has 0 saturated carbocycles. The maximum atomic E-state index is 13.0. The van der Waals surface area contributed by atoms with Gasteiger partial charge in [0.15, 0.2) is 0 Å². The third-order valence-corrected chi connectivity index (χ3v) is 6.01. The predicted octanol–water partition coefficient (Wildman–Crippen LogP) is 5.20. The van der Waals surface area contributed by atoms with Crippen molar-refractivity contribution in [3.63, 3.8) is 0 Å². The Bertz CT molecular complexity index is 957. The van der Waals surface area contributed by atoms with Crippen molar-refractivity contribution in [2.75, 3.05) is 25.6 Å². The second-order valence-electron chi connectivity index (χ2n) is 5.62. The molecular formula is C19H19Br2NO6S. The molecule has 0 saturated heterocycles. The van der Waals surface area contributed by atoms with Crippen molar-refractivity contribution in [3.8, 4) is 5.75 Å². The van der Waals surface area contributed by atoms with Crippen LogP contribution in [-0.2, 0) is 9.47 Å². The van der Waals surface area contributed by atoms with Gasteiger partial charge in [-0.2, -0.15) is 0 Å². The third kappa shape index (κ3) is 5.18. The lowest BCUT2D eigenvalue weighted by Gasteiger charge is -2.12. The average molecular weight is 549 g/mol. The minimum Gasteiger partial charge on any atom is -0.495 e. The molecule has 0 unspecified atom stereocenters. The van der Waals surface area contributed by atoms with E-state index < -0.39 is 17.8 Å². The molecule has 0 aliphatic heterocycles. The van der Waals surface area contributed by atoms with Gasteiger partial charge in [0, 0.05) is 4.47 Å². The fourth-order valence-corrected chi connectivity index (χ4v) is 5.02. The molecule has 0 atom stereocenters. The molecule has 1 N–H and O–H groups in total. The van der Waals surface area contributed by atoms with Gasteiger partial charge < -0.3 is 19.5 Å². The van der Waals surface area contributed by atoms with E-state index in [0.717, 1.165) is 11.3 Å². The van der Waals surface area contributed by atoms with E-state index in [1.807, 2.05) is 0 Å². The number of ether oxygens (including phenoxy) is 3. The number of rotatable bonds is 7. The first-order chi connectivity index (χ1) is 13.7. The number of halogens is 2. The number of nitrogens with one attached hydrogen (secondary N) is 1. The molecule has 29 heavy (non-hydrogen) atoms. The van der Waals surface area contributed by atoms with Gasteiger partial charge in [0.2, 0.25) is 0 Å². The zero-order valence-corrected chi connectivity index (χ0v) is 20.2. The summed E-state index contributed by atoms with van der Waals surface area (Å²) in [5, 5.41) is 2.90. The molecule has 10 heteroatoms. The molecule has 1 amide bonds. The standard InChI is InChI=1S/C19H19Br2NO6S/c1-5-27-18(24)13-9(3)15(19(25)28-6-2)29-17(13)22-16(23)11-7-10(20)8-12(21)14(11)26-4/h7-8H,5-6H2,1-4H3,(H,22,23). The summed E-state index contributed by atoms with van der Waals surface area (Å²) in [6, 6.07) is 3.34. The Morgan fingerprint density at radius 3 is 2.28 bits per heavy atom. The van der Waals surface area contributed by atoms with Gasteiger partial charge in [0.05, 0.1) is 35.9 Å². The number of amides is 1. The number of hydrogen-bond acceptors (Lipinski definition) is 7. The lowest BCUT2D eigenvalue weighted by Crippen LogP contribution is -2.16. The van der Waals surface area contributed by atoms with Crippen molar-refractivity contribution in [1.82, 2.24) is 0 Å². The molecule has 2 aromatic rings. The smallest absolute Gasteiger partial charge is 0.348 e. The summed E-state index contributed by atoms with van der Waals surface area (Å²) in [5.74, 6) is -1.37. The summed E-state index contributed by atoms with van der Waals surface area (Å²) in [4.78, 5) is 37.9. The second-order valence-corrected chi connectivity index (χ2v) is 8.41. The van der Waals surface area contributed by atoms with Gasteiger partial charge in [0.25, 0.3) is 5.91 Å². The number of thiophene rings is 1. The van der Waals surface area contributed by atoms with E-state index >= 15 is 0 Å². The average Bonchev–Trinajstić information content (AvgIpc) is 2.97. The summed E-state index contributed by atoms with van der Waals surface area (Å²) >= 11 is 7.66. The lowest BCUT2D eigenvalue weighted by atomic mass is 10.1. The molecule has 0 aliphatic carbocycles. The van der Waals surface area contributed by atoms with E-state index in [4.69, 9.17) is 14.2 Å². The van der Waals surface area contributed by atoms with E-state index in [-0.39, 0.29) is 34.2 Å². The largest absolute Gasteiger partial charge is 0.495 e. The quantitative estimate of drug-likeness (QED) is 0.478. The number of benzene rings is 1. The zero-order valence-electron chi connectivity index (χ0n) is 16.2. The van der Waals surface area contributed by atoms with Crippen molar-refractivity contribution >= 4 is 66.0 Å². The molecule has 7 nitrogen and oxygen atoms in total. The van der Waals surface area contributed by atoms with E-state index in [9.17, 15) is 14.4 Å². The number of carbonyl (C=O) groups is 3. The van der Waals surface area contributed by atoms with Crippen LogP contribution in [0.15, 0.2) is 21.1 Å². The fraction of sp³-hybridized carbons (Fsp3) is 0.316. The molecule has 0 spiro atoms. The summed E-state index contributed by atoms with van der Waals surface area (Å²) < 4.78 is 16.7. The molecule has 1 heterocycles. The zero-order chi connectivity index (χ0) is 21.7. The first-order valence-electron chi connectivity index (χ1n) is 8.57. The number of hydrogen-bond donors (Lipinski definition) is 1. The number of carbonyl (C=O) groups excluding carboxylic acids is 3. The van der Waals surface area contributed by atoms with Gasteiger partial charge in [-0.05, 0) is 54.4 Å². The Balaban J connectivity index is 2.51. The Labute approximate surface area is 189 Å². The maximum absolute atomic E-state index is 13.0. The second kappa shape index (κ2) is 10.2. The molecule has 156 valence electrons. The van der Waals surface area contributed by atoms with Crippen LogP contribution in [0, 0.1) is 6.92 Å². The van der Waals surface area contributed by atoms with Crippen LogP contribution >= 0.6 is 43.2 Å². The number of anilines is 1. The van der Waals surface area contributed by atoms with Crippen molar-refractivity contribution in [1.29, 1.82) is 0 Å². The predicted molar refractivity (Wildman–Crippen MR) is 117 cm³/mol. The normalized spacial score (nSPS) is 10.4. The summed E-state index contributed by atoms with van der Waals surface area (Å²) in [6.45, 7) is 5.32. The summed E-state index contributed by atoms with van der Waals surface area (Å²) in [5.41, 5.74) is 0.762. The Hall–Kier alpha value is -1.91. The van der Waals surface area contributed by atoms with Crippen LogP contribution in [-0.4, -0.2) is 38.2 Å². The van der Waals surface area contributed by atoms with Crippen LogP contribution in [0.3, 0.4) is 0 Å². The van der Waals surface area contributed by atoms with E-state index in [0.29, 0.717) is 20.3 Å². The van der Waals surface area contributed by atoms with Crippen LogP contribution in [0.1, 0.15) is 49.8 Å². The SMILES string of the molecule is CCOC(=O)c1sc(NC(=O)c2cc(Br)cc(Br)c2OC)c(C(=O)OCC)c1C. The number of methoxy groups -OCH3 is 1. The monoisotopic (exact) mass is 547 g/mol. The highest BCUT2D eigenvalue weighted by Gasteiger charge is 2.28. The minimum atomic E-state index is -0.630. The molecule has 0 fully saturated rings. The highest BCUT2D eigenvalue weighted by Crippen LogP contribution is 2.37. The fourth-order valence-electron chi connectivity index (χ4n) is 2.55. The topological polar surface area (TPSA) is 90.9 Å². The van der Waals surface area contributed by atoms with Gasteiger partial charge in [-0.15, -0.1) is 11.3 Å². The van der Waals surface area contributed by atoms with Gasteiger partial charge in [0.1, 0.15) is 15.6 Å². The van der Waals surface area contributed by atoms with E-state index in [2.05, 4.69) is 37.2 Å². The third-order valence-electron chi connectivity index (χ3n) is 3.77. The van der Waals surface area contributed by atoms with Crippen LogP contribution in [0.5, 0.6) is 5.75 Å². The van der Waals surface area contributed by atoms with Crippen LogP contribution in [0.25, 0.3) is 0 Å². The first kappa shape index (κ1) is 23.4. The van der Waals surface area contributed by atoms with Gasteiger partial charge in [-0.25, -0.2) is 9.59 Å². The van der Waals surface area contributed by atoms with E-state index in [1.165, 1.54) is 7.11 Å². The van der Waals surface area contributed by atoms with Crippen molar-refractivity contribution in [3.05, 3.63) is 42.6 Å². The Kier molecular flexibility index (Phi) is 8.23. The van der Waals surface area contributed by atoms with Gasteiger partial charge in [-0.3, -0.25) is 4.79 Å². The Morgan fingerprint density at radius 1 is 1.07 bits per heavy atom. The van der Waals surface area contributed by atoms with Crippen molar-refractivity contribution in [2.45, 2.75) is 20.8 Å².